The number of ether oxygens (including phenoxy) is 3. The molecule has 2 fully saturated rings. The van der Waals surface area contributed by atoms with Crippen molar-refractivity contribution >= 4 is 18.2 Å². The van der Waals surface area contributed by atoms with Crippen LogP contribution in [-0.4, -0.2) is 109 Å². The first-order valence-corrected chi connectivity index (χ1v) is 15.9. The summed E-state index contributed by atoms with van der Waals surface area (Å²) < 4.78 is 17.3. The zero-order chi connectivity index (χ0) is 31.6. The van der Waals surface area contributed by atoms with Crippen molar-refractivity contribution in [2.45, 2.75) is 84.5 Å². The number of likely N-dealkylation sites (N-methyl/N-ethyl adjacent to an activating group) is 1. The van der Waals surface area contributed by atoms with E-state index in [1.807, 2.05) is 59.0 Å². The van der Waals surface area contributed by atoms with Crippen molar-refractivity contribution in [2.24, 2.45) is 17.8 Å². The first kappa shape index (κ1) is 34.6. The highest BCUT2D eigenvalue weighted by atomic mass is 16.6. The third kappa shape index (κ3) is 11.0. The second-order valence-corrected chi connectivity index (χ2v) is 13.0. The maximum absolute atomic E-state index is 13.0. The molecule has 2 amide bonds. The Morgan fingerprint density at radius 2 is 1.74 bits per heavy atom. The molecule has 0 bridgehead atoms. The van der Waals surface area contributed by atoms with E-state index in [0.29, 0.717) is 32.5 Å². The molecule has 0 radical (unpaired) electrons. The number of likely N-dealkylation sites (tertiary alicyclic amines) is 1. The van der Waals surface area contributed by atoms with Crippen LogP contribution >= 0.6 is 0 Å². The maximum Gasteiger partial charge on any atom is 0.410 e. The van der Waals surface area contributed by atoms with E-state index in [-0.39, 0.29) is 36.2 Å². The molecule has 0 aliphatic carbocycles. The quantitative estimate of drug-likeness (QED) is 0.200. The van der Waals surface area contributed by atoms with Gasteiger partial charge >= 0.3 is 18.2 Å². The zero-order valence-corrected chi connectivity index (χ0v) is 27.0. The van der Waals surface area contributed by atoms with E-state index < -0.39 is 23.9 Å². The van der Waals surface area contributed by atoms with Gasteiger partial charge in [-0.1, -0.05) is 45.1 Å². The Kier molecular flexibility index (Phi) is 13.1. The average Bonchev–Trinajstić information content (AvgIpc) is 3.50. The van der Waals surface area contributed by atoms with Crippen LogP contribution in [-0.2, 0) is 19.0 Å². The highest BCUT2D eigenvalue weighted by Gasteiger charge is 2.36. The van der Waals surface area contributed by atoms with Gasteiger partial charge in [-0.05, 0) is 64.1 Å². The lowest BCUT2D eigenvalue weighted by atomic mass is 9.87. The van der Waals surface area contributed by atoms with Crippen LogP contribution in [0.1, 0.15) is 66.7 Å². The predicted molar refractivity (Wildman–Crippen MR) is 165 cm³/mol. The summed E-state index contributed by atoms with van der Waals surface area (Å²) in [6.45, 7) is 14.0. The van der Waals surface area contributed by atoms with Crippen molar-refractivity contribution in [2.75, 3.05) is 52.9 Å². The number of aliphatic hydroxyl groups is 1. The molecular weight excluding hydrogens is 550 g/mol. The molecule has 3 heterocycles. The highest BCUT2D eigenvalue weighted by Crippen LogP contribution is 2.29. The standard InChI is InChI=1S/C33H53N3O7/c1-24-14-15-33(5,40)28(42-32(39)36-20-18-34(6)19-21-36)13-12-27(4)30(43-29(37)22-24)26(3)11-9-10-25(2)23-41-31(38)35-16-7-8-17-35/h9-13,24-25,27-28,30,40H,7-8,14-23H2,1-6H3/b10-9+,13-12+,26-11+/t24-,25-,27+,28+,30-,33+/m1/s1. The van der Waals surface area contributed by atoms with E-state index >= 15 is 0 Å². The van der Waals surface area contributed by atoms with E-state index in [4.69, 9.17) is 14.2 Å². The van der Waals surface area contributed by atoms with E-state index in [9.17, 15) is 19.5 Å². The number of cyclic esters (lactones) is 1. The van der Waals surface area contributed by atoms with Gasteiger partial charge in [0.15, 0.2) is 6.10 Å². The average molecular weight is 604 g/mol. The van der Waals surface area contributed by atoms with Gasteiger partial charge in [-0.25, -0.2) is 9.59 Å². The lowest BCUT2D eigenvalue weighted by molar-refractivity contribution is -0.150. The second kappa shape index (κ2) is 16.3. The van der Waals surface area contributed by atoms with E-state index in [1.165, 1.54) is 0 Å². The van der Waals surface area contributed by atoms with Gasteiger partial charge in [0.1, 0.15) is 11.7 Å². The van der Waals surface area contributed by atoms with Gasteiger partial charge in [0.05, 0.1) is 6.61 Å². The molecule has 0 aromatic heterocycles. The number of esters is 1. The molecule has 1 N–H and O–H groups in total. The lowest BCUT2D eigenvalue weighted by Crippen LogP contribution is -2.50. The second-order valence-electron chi connectivity index (χ2n) is 13.0. The van der Waals surface area contributed by atoms with E-state index in [1.54, 1.807) is 22.8 Å². The molecule has 0 aromatic rings. The third-order valence-corrected chi connectivity index (χ3v) is 8.67. The van der Waals surface area contributed by atoms with Gasteiger partial charge in [-0.2, -0.15) is 0 Å². The fourth-order valence-electron chi connectivity index (χ4n) is 5.54. The van der Waals surface area contributed by atoms with Gasteiger partial charge in [0, 0.05) is 57.5 Å². The van der Waals surface area contributed by atoms with Crippen molar-refractivity contribution in [3.05, 3.63) is 36.0 Å². The summed E-state index contributed by atoms with van der Waals surface area (Å²) >= 11 is 0. The molecule has 3 aliphatic heterocycles. The molecule has 0 saturated carbocycles. The summed E-state index contributed by atoms with van der Waals surface area (Å²) in [7, 11) is 2.02. The SMILES string of the molecule is C/C(=C\C=C\[C@@H](C)COC(=O)N1CCCC1)[C@H]1OC(=O)C[C@H](C)CC[C@](C)(O)[C@@H](OC(=O)N2CCN(C)CC2)/C=C/[C@@H]1C. The number of rotatable bonds is 6. The van der Waals surface area contributed by atoms with Crippen LogP contribution in [0.15, 0.2) is 36.0 Å². The minimum absolute atomic E-state index is 0.0133. The molecule has 10 heteroatoms. The van der Waals surface area contributed by atoms with E-state index in [2.05, 4.69) is 4.90 Å². The van der Waals surface area contributed by atoms with Crippen LogP contribution < -0.4 is 0 Å². The van der Waals surface area contributed by atoms with Crippen LogP contribution in [0.5, 0.6) is 0 Å². The highest BCUT2D eigenvalue weighted by molar-refractivity contribution is 5.70. The van der Waals surface area contributed by atoms with Crippen LogP contribution in [0.3, 0.4) is 0 Å². The molecule has 43 heavy (non-hydrogen) atoms. The van der Waals surface area contributed by atoms with Crippen LogP contribution in [0.25, 0.3) is 0 Å². The van der Waals surface area contributed by atoms with Crippen molar-refractivity contribution in [1.82, 2.24) is 14.7 Å². The topological polar surface area (TPSA) is 109 Å². The Labute approximate surface area is 257 Å². The summed E-state index contributed by atoms with van der Waals surface area (Å²) in [6.07, 6.45) is 10.5. The van der Waals surface area contributed by atoms with Gasteiger partial charge < -0.3 is 34.0 Å². The minimum Gasteiger partial charge on any atom is -0.457 e. The summed E-state index contributed by atoms with van der Waals surface area (Å²) in [5, 5.41) is 11.4. The predicted octanol–water partition coefficient (Wildman–Crippen LogP) is 4.79. The summed E-state index contributed by atoms with van der Waals surface area (Å²) in [6, 6.07) is 0. The number of hydrogen-bond acceptors (Lipinski definition) is 8. The van der Waals surface area contributed by atoms with Crippen LogP contribution in [0.4, 0.5) is 9.59 Å². The fourth-order valence-corrected chi connectivity index (χ4v) is 5.54. The largest absolute Gasteiger partial charge is 0.457 e. The Balaban J connectivity index is 1.71. The van der Waals surface area contributed by atoms with Crippen LogP contribution in [0, 0.1) is 17.8 Å². The minimum atomic E-state index is -1.30. The number of hydrogen-bond donors (Lipinski definition) is 1. The molecule has 10 nitrogen and oxygen atoms in total. The number of piperazine rings is 1. The summed E-state index contributed by atoms with van der Waals surface area (Å²) in [5.41, 5.74) is -0.446. The first-order valence-electron chi connectivity index (χ1n) is 15.9. The Hall–Kier alpha value is -2.85. The van der Waals surface area contributed by atoms with Crippen molar-refractivity contribution in [1.29, 1.82) is 0 Å². The van der Waals surface area contributed by atoms with Gasteiger partial charge in [-0.15, -0.1) is 0 Å². The molecule has 0 aromatic carbocycles. The van der Waals surface area contributed by atoms with Gasteiger partial charge in [-0.3, -0.25) is 4.79 Å². The van der Waals surface area contributed by atoms with Gasteiger partial charge in [0.2, 0.25) is 0 Å². The molecular formula is C33H53N3O7. The number of allylic oxidation sites excluding steroid dienone is 2. The molecule has 0 spiro atoms. The lowest BCUT2D eigenvalue weighted by Gasteiger charge is -2.36. The monoisotopic (exact) mass is 603 g/mol. The number of carbonyl (C=O) groups excluding carboxylic acids is 3. The number of amides is 2. The maximum atomic E-state index is 13.0. The first-order chi connectivity index (χ1) is 20.4. The number of carbonyl (C=O) groups is 3. The van der Waals surface area contributed by atoms with Crippen molar-refractivity contribution < 1.29 is 33.7 Å². The fraction of sp³-hybridized carbons (Fsp3) is 0.727. The molecule has 0 unspecified atom stereocenters. The van der Waals surface area contributed by atoms with Gasteiger partial charge in [0.25, 0.3) is 0 Å². The van der Waals surface area contributed by atoms with Crippen molar-refractivity contribution in [3.8, 4) is 0 Å². The molecule has 2 saturated heterocycles. The molecule has 6 atom stereocenters. The molecule has 3 rings (SSSR count). The Bertz CT molecular complexity index is 1030. The van der Waals surface area contributed by atoms with Crippen LogP contribution in [0.2, 0.25) is 0 Å². The normalized spacial score (nSPS) is 31.6. The van der Waals surface area contributed by atoms with E-state index in [0.717, 1.165) is 44.6 Å². The summed E-state index contributed by atoms with van der Waals surface area (Å²) in [5.74, 6) is -0.524. The summed E-state index contributed by atoms with van der Waals surface area (Å²) in [4.78, 5) is 43.7. The third-order valence-electron chi connectivity index (χ3n) is 8.67. The molecule has 3 aliphatic rings. The Morgan fingerprint density at radius 1 is 1.09 bits per heavy atom. The Morgan fingerprint density at radius 3 is 2.42 bits per heavy atom. The smallest absolute Gasteiger partial charge is 0.410 e. The number of nitrogens with zero attached hydrogens (tertiary/aromatic N) is 3. The molecule has 242 valence electrons. The zero-order valence-electron chi connectivity index (χ0n) is 27.0. The van der Waals surface area contributed by atoms with Crippen molar-refractivity contribution in [3.63, 3.8) is 0 Å².